The Morgan fingerprint density at radius 1 is 0.857 bits per heavy atom. The van der Waals surface area contributed by atoms with Crippen LogP contribution in [-0.2, 0) is 14.3 Å². The van der Waals surface area contributed by atoms with Gasteiger partial charge in [0.15, 0.2) is 0 Å². The van der Waals surface area contributed by atoms with E-state index in [9.17, 15) is 19.2 Å². The van der Waals surface area contributed by atoms with Crippen molar-refractivity contribution in [1.82, 2.24) is 20.8 Å². The number of nitrogens with zero attached hydrogens (tertiary/aromatic N) is 2. The van der Waals surface area contributed by atoms with Crippen LogP contribution in [0.15, 0.2) is 58.3 Å². The van der Waals surface area contributed by atoms with Crippen LogP contribution < -0.4 is 21.5 Å². The van der Waals surface area contributed by atoms with E-state index < -0.39 is 23.4 Å². The number of benzene rings is 2. The number of amides is 3. The highest BCUT2D eigenvalue weighted by atomic mass is 16.6. The quantitative estimate of drug-likeness (QED) is 0.172. The molecule has 0 bridgehead atoms. The van der Waals surface area contributed by atoms with E-state index in [0.29, 0.717) is 35.0 Å². The third kappa shape index (κ3) is 10.3. The normalized spacial score (nSPS) is 11.4. The molecule has 0 atom stereocenters. The number of nitrogens with one attached hydrogen (secondary N) is 4. The Hall–Kier alpha value is -4.74. The van der Waals surface area contributed by atoms with Crippen molar-refractivity contribution in [3.63, 3.8) is 0 Å². The van der Waals surface area contributed by atoms with E-state index in [-0.39, 0.29) is 30.4 Å². The van der Waals surface area contributed by atoms with Gasteiger partial charge in [-0.3, -0.25) is 25.2 Å². The minimum absolute atomic E-state index is 0.108. The summed E-state index contributed by atoms with van der Waals surface area (Å²) in [5.74, 6) is -0.294. The fourth-order valence-electron chi connectivity index (χ4n) is 3.80. The first-order valence-electron chi connectivity index (χ1n) is 13.6. The first-order chi connectivity index (χ1) is 19.7. The number of rotatable bonds is 7. The van der Waals surface area contributed by atoms with Crippen LogP contribution in [0.4, 0.5) is 15.3 Å². The molecule has 0 spiro atoms. The molecule has 0 unspecified atom stereocenters. The van der Waals surface area contributed by atoms with Crippen LogP contribution in [0.1, 0.15) is 60.8 Å². The van der Waals surface area contributed by atoms with E-state index in [0.717, 1.165) is 5.56 Å². The fourth-order valence-corrected chi connectivity index (χ4v) is 3.80. The SMILES string of the molecule is CC(C)(C)OC(=O)NC(=NCCCCC(=O)Nc1cccc(-c2n[nH]c(=O)c3ccccc23)c1)NC(=O)OC(C)(C)C. The third-order valence-corrected chi connectivity index (χ3v) is 5.44. The number of guanidine groups is 1. The maximum Gasteiger partial charge on any atom is 0.414 e. The number of anilines is 1. The summed E-state index contributed by atoms with van der Waals surface area (Å²) in [6.07, 6.45) is -0.301. The fraction of sp³-hybridized carbons (Fsp3) is 0.400. The molecule has 42 heavy (non-hydrogen) atoms. The second-order valence-electron chi connectivity index (χ2n) is 11.5. The molecule has 3 aromatic rings. The molecule has 224 valence electrons. The van der Waals surface area contributed by atoms with E-state index in [1.54, 1.807) is 71.9 Å². The smallest absolute Gasteiger partial charge is 0.414 e. The first-order valence-corrected chi connectivity index (χ1v) is 13.6. The average Bonchev–Trinajstić information content (AvgIpc) is 2.86. The third-order valence-electron chi connectivity index (χ3n) is 5.44. The molecule has 2 aromatic carbocycles. The number of fused-ring (bicyclic) bond motifs is 1. The summed E-state index contributed by atoms with van der Waals surface area (Å²) < 4.78 is 10.5. The molecule has 0 aliphatic rings. The molecular weight excluding hydrogens is 540 g/mol. The number of carbonyl (C=O) groups excluding carboxylic acids is 3. The van der Waals surface area contributed by atoms with Gasteiger partial charge in [-0.05, 0) is 72.6 Å². The second kappa shape index (κ2) is 13.7. The molecule has 1 aromatic heterocycles. The molecule has 1 heterocycles. The summed E-state index contributed by atoms with van der Waals surface area (Å²) in [5.41, 5.74) is 0.206. The largest absolute Gasteiger partial charge is 0.444 e. The molecule has 0 aliphatic heterocycles. The van der Waals surface area contributed by atoms with E-state index in [2.05, 4.69) is 31.1 Å². The topological polar surface area (TPSA) is 164 Å². The molecule has 0 radical (unpaired) electrons. The number of ether oxygens (including phenoxy) is 2. The van der Waals surface area contributed by atoms with Gasteiger partial charge >= 0.3 is 12.2 Å². The predicted octanol–water partition coefficient (Wildman–Crippen LogP) is 5.10. The van der Waals surface area contributed by atoms with E-state index in [1.165, 1.54) is 0 Å². The van der Waals surface area contributed by atoms with Crippen molar-refractivity contribution < 1.29 is 23.9 Å². The summed E-state index contributed by atoms with van der Waals surface area (Å²) >= 11 is 0. The molecule has 12 nitrogen and oxygen atoms in total. The minimum atomic E-state index is -0.774. The monoisotopic (exact) mass is 578 g/mol. The molecule has 0 saturated carbocycles. The number of aromatic amines is 1. The zero-order valence-corrected chi connectivity index (χ0v) is 24.8. The molecule has 12 heteroatoms. The van der Waals surface area contributed by atoms with Crippen molar-refractivity contribution in [1.29, 1.82) is 0 Å². The van der Waals surface area contributed by atoms with Crippen molar-refractivity contribution in [3.8, 4) is 11.3 Å². The van der Waals surface area contributed by atoms with Crippen molar-refractivity contribution in [2.24, 2.45) is 4.99 Å². The maximum absolute atomic E-state index is 12.6. The average molecular weight is 579 g/mol. The summed E-state index contributed by atoms with van der Waals surface area (Å²) in [7, 11) is 0. The van der Waals surface area contributed by atoms with Gasteiger partial charge < -0.3 is 14.8 Å². The molecule has 0 fully saturated rings. The van der Waals surface area contributed by atoms with Gasteiger partial charge in [0, 0.05) is 29.6 Å². The number of hydrogen-bond acceptors (Lipinski definition) is 8. The van der Waals surface area contributed by atoms with Crippen LogP contribution in [0, 0.1) is 0 Å². The lowest BCUT2D eigenvalue weighted by Gasteiger charge is -2.22. The van der Waals surface area contributed by atoms with Crippen LogP contribution in [0.25, 0.3) is 22.0 Å². The Morgan fingerprint density at radius 2 is 1.48 bits per heavy atom. The number of aliphatic imine (C=N–C) groups is 1. The number of unbranched alkanes of at least 4 members (excludes halogenated alkanes) is 1. The number of hydrogen-bond donors (Lipinski definition) is 4. The highest BCUT2D eigenvalue weighted by Crippen LogP contribution is 2.26. The van der Waals surface area contributed by atoms with Gasteiger partial charge in [0.2, 0.25) is 11.9 Å². The standard InChI is InChI=1S/C30H38N6O6/c1-29(2,3)41-27(39)33-26(34-28(40)42-30(4,5)6)31-17-10-9-16-23(37)32-20-13-11-12-19(18-20)24-21-14-7-8-15-22(21)25(38)36-35-24/h7-8,11-15,18H,9-10,16-17H2,1-6H3,(H,32,37)(H,36,38)(H2,31,33,34,39,40). The second-order valence-corrected chi connectivity index (χ2v) is 11.5. The van der Waals surface area contributed by atoms with Gasteiger partial charge in [0.05, 0.1) is 11.1 Å². The van der Waals surface area contributed by atoms with Gasteiger partial charge in [0.25, 0.3) is 5.56 Å². The Bertz CT molecular complexity index is 1480. The van der Waals surface area contributed by atoms with Crippen molar-refractivity contribution in [3.05, 3.63) is 58.9 Å². The van der Waals surface area contributed by atoms with Crippen LogP contribution in [0.3, 0.4) is 0 Å². The molecular formula is C30H38N6O6. The highest BCUT2D eigenvalue weighted by Gasteiger charge is 2.21. The lowest BCUT2D eigenvalue weighted by molar-refractivity contribution is -0.116. The van der Waals surface area contributed by atoms with Gasteiger partial charge in [-0.25, -0.2) is 14.7 Å². The van der Waals surface area contributed by atoms with Crippen LogP contribution in [0.5, 0.6) is 0 Å². The van der Waals surface area contributed by atoms with E-state index in [1.807, 2.05) is 18.2 Å². The number of carbonyl (C=O) groups is 3. The van der Waals surface area contributed by atoms with Gasteiger partial charge in [-0.2, -0.15) is 5.10 Å². The molecule has 0 saturated heterocycles. The summed E-state index contributed by atoms with van der Waals surface area (Å²) in [5, 5.41) is 15.7. The molecule has 3 amide bonds. The molecule has 3 rings (SSSR count). The number of H-pyrrole nitrogens is 1. The van der Waals surface area contributed by atoms with Crippen LogP contribution >= 0.6 is 0 Å². The van der Waals surface area contributed by atoms with Crippen molar-refractivity contribution in [2.75, 3.05) is 11.9 Å². The summed E-state index contributed by atoms with van der Waals surface area (Å²) in [6, 6.07) is 14.4. The molecule has 0 aliphatic carbocycles. The summed E-state index contributed by atoms with van der Waals surface area (Å²) in [6.45, 7) is 10.5. The Balaban J connectivity index is 1.56. The lowest BCUT2D eigenvalue weighted by atomic mass is 10.0. The Kier molecular flexibility index (Phi) is 10.4. The Morgan fingerprint density at radius 3 is 2.10 bits per heavy atom. The lowest BCUT2D eigenvalue weighted by Crippen LogP contribution is -2.47. The molecule has 4 N–H and O–H groups in total. The van der Waals surface area contributed by atoms with E-state index in [4.69, 9.17) is 9.47 Å². The maximum atomic E-state index is 12.6. The minimum Gasteiger partial charge on any atom is -0.444 e. The van der Waals surface area contributed by atoms with Gasteiger partial charge in [-0.1, -0.05) is 30.3 Å². The number of alkyl carbamates (subject to hydrolysis) is 2. The van der Waals surface area contributed by atoms with Crippen molar-refractivity contribution >= 4 is 40.5 Å². The van der Waals surface area contributed by atoms with Crippen molar-refractivity contribution in [2.45, 2.75) is 72.0 Å². The van der Waals surface area contributed by atoms with Crippen LogP contribution in [-0.4, -0.2) is 52.0 Å². The first kappa shape index (κ1) is 31.8. The predicted molar refractivity (Wildman–Crippen MR) is 161 cm³/mol. The van der Waals surface area contributed by atoms with Gasteiger partial charge in [0.1, 0.15) is 11.2 Å². The Labute approximate surface area is 244 Å². The summed E-state index contributed by atoms with van der Waals surface area (Å²) in [4.78, 5) is 53.4. The number of aromatic nitrogens is 2. The zero-order valence-electron chi connectivity index (χ0n) is 24.8. The van der Waals surface area contributed by atoms with E-state index >= 15 is 0 Å². The highest BCUT2D eigenvalue weighted by molar-refractivity contribution is 6.01. The zero-order chi connectivity index (χ0) is 30.9. The van der Waals surface area contributed by atoms with Crippen LogP contribution in [0.2, 0.25) is 0 Å². The van der Waals surface area contributed by atoms with Gasteiger partial charge in [-0.15, -0.1) is 0 Å².